The van der Waals surface area contributed by atoms with Crippen molar-refractivity contribution in [3.63, 3.8) is 0 Å². The molecule has 4 heteroatoms. The van der Waals surface area contributed by atoms with Gasteiger partial charge >= 0.3 is 0 Å². The van der Waals surface area contributed by atoms with Crippen molar-refractivity contribution in [3.05, 3.63) is 53.4 Å². The van der Waals surface area contributed by atoms with Crippen LogP contribution in [-0.4, -0.2) is 22.7 Å². The minimum absolute atomic E-state index is 0.0868. The number of hydrogen-bond donors (Lipinski definition) is 0. The lowest BCUT2D eigenvalue weighted by atomic mass is 10.1. The molecule has 0 saturated heterocycles. The summed E-state index contributed by atoms with van der Waals surface area (Å²) in [7, 11) is 3.40. The van der Waals surface area contributed by atoms with Gasteiger partial charge in [-0.1, -0.05) is 12.1 Å². The highest BCUT2D eigenvalue weighted by molar-refractivity contribution is 6.08. The second-order valence-electron chi connectivity index (χ2n) is 4.23. The van der Waals surface area contributed by atoms with E-state index >= 15 is 0 Å². The number of allylic oxidation sites excluding steroid dienone is 1. The summed E-state index contributed by atoms with van der Waals surface area (Å²) >= 11 is 0. The van der Waals surface area contributed by atoms with E-state index in [1.165, 1.54) is 6.08 Å². The number of nitrogens with zero attached hydrogens (tertiary/aromatic N) is 2. The molecular formula is C15H16N2O2. The van der Waals surface area contributed by atoms with Gasteiger partial charge in [0, 0.05) is 7.05 Å². The molecule has 1 aromatic carbocycles. The lowest BCUT2D eigenvalue weighted by Crippen LogP contribution is -1.99. The van der Waals surface area contributed by atoms with Gasteiger partial charge in [0.15, 0.2) is 5.78 Å². The first-order valence-corrected chi connectivity index (χ1v) is 5.98. The van der Waals surface area contributed by atoms with Crippen LogP contribution in [0.5, 0.6) is 5.75 Å². The molecule has 0 unspecified atom stereocenters. The highest BCUT2D eigenvalue weighted by Crippen LogP contribution is 2.18. The molecule has 0 radical (unpaired) electrons. The van der Waals surface area contributed by atoms with Gasteiger partial charge in [-0.2, -0.15) is 5.10 Å². The fourth-order valence-corrected chi connectivity index (χ4v) is 1.89. The maximum absolute atomic E-state index is 12.1. The molecule has 0 bridgehead atoms. The summed E-state index contributed by atoms with van der Waals surface area (Å²) in [5.41, 5.74) is 2.37. The number of para-hydroxylation sites is 1. The molecule has 0 aliphatic carbocycles. The minimum atomic E-state index is -0.0868. The average molecular weight is 256 g/mol. The van der Waals surface area contributed by atoms with E-state index in [4.69, 9.17) is 4.74 Å². The molecule has 0 atom stereocenters. The number of benzene rings is 1. The molecule has 0 aliphatic rings. The third kappa shape index (κ3) is 2.91. The first-order valence-electron chi connectivity index (χ1n) is 5.98. The number of rotatable bonds is 4. The van der Waals surface area contributed by atoms with Gasteiger partial charge < -0.3 is 4.74 Å². The van der Waals surface area contributed by atoms with Crippen molar-refractivity contribution in [2.75, 3.05) is 7.11 Å². The van der Waals surface area contributed by atoms with E-state index in [0.717, 1.165) is 11.4 Å². The van der Waals surface area contributed by atoms with E-state index in [1.54, 1.807) is 30.0 Å². The molecule has 2 rings (SSSR count). The Hall–Kier alpha value is -2.36. The predicted molar refractivity (Wildman–Crippen MR) is 74.3 cm³/mol. The van der Waals surface area contributed by atoms with Gasteiger partial charge in [-0.05, 0) is 37.3 Å². The van der Waals surface area contributed by atoms with Crippen LogP contribution in [0, 0.1) is 6.92 Å². The molecule has 1 aromatic heterocycles. The highest BCUT2D eigenvalue weighted by atomic mass is 16.5. The maximum atomic E-state index is 12.1. The summed E-state index contributed by atoms with van der Waals surface area (Å²) in [6, 6.07) is 9.10. The van der Waals surface area contributed by atoms with Gasteiger partial charge in [-0.15, -0.1) is 0 Å². The van der Waals surface area contributed by atoms with Crippen LogP contribution in [-0.2, 0) is 7.05 Å². The number of hydrogen-bond acceptors (Lipinski definition) is 3. The Balaban J connectivity index is 2.24. The molecule has 0 aliphatic heterocycles. The van der Waals surface area contributed by atoms with E-state index in [0.29, 0.717) is 11.3 Å². The Morgan fingerprint density at radius 2 is 2.11 bits per heavy atom. The zero-order valence-corrected chi connectivity index (χ0v) is 11.3. The van der Waals surface area contributed by atoms with Crippen LogP contribution in [0.15, 0.2) is 36.4 Å². The van der Waals surface area contributed by atoms with Crippen molar-refractivity contribution in [2.45, 2.75) is 6.92 Å². The normalized spacial score (nSPS) is 10.9. The van der Waals surface area contributed by atoms with Gasteiger partial charge in [0.05, 0.1) is 24.1 Å². The highest BCUT2D eigenvalue weighted by Gasteiger charge is 2.08. The van der Waals surface area contributed by atoms with Crippen LogP contribution in [0.4, 0.5) is 0 Å². The molecule has 0 spiro atoms. The smallest absolute Gasteiger partial charge is 0.189 e. The molecule has 19 heavy (non-hydrogen) atoms. The molecule has 1 heterocycles. The fraction of sp³-hybridized carbons (Fsp3) is 0.200. The zero-order chi connectivity index (χ0) is 13.8. The molecule has 4 nitrogen and oxygen atoms in total. The second kappa shape index (κ2) is 5.52. The number of methoxy groups -OCH3 is 1. The lowest BCUT2D eigenvalue weighted by Gasteiger charge is -2.04. The summed E-state index contributed by atoms with van der Waals surface area (Å²) < 4.78 is 6.91. The molecule has 2 aromatic rings. The van der Waals surface area contributed by atoms with Gasteiger partial charge in [-0.25, -0.2) is 0 Å². The molecule has 98 valence electrons. The Morgan fingerprint density at radius 3 is 2.74 bits per heavy atom. The van der Waals surface area contributed by atoms with Crippen molar-refractivity contribution < 1.29 is 9.53 Å². The van der Waals surface area contributed by atoms with Crippen LogP contribution >= 0.6 is 0 Å². The van der Waals surface area contributed by atoms with Gasteiger partial charge in [0.1, 0.15) is 5.75 Å². The molecule has 0 fully saturated rings. The van der Waals surface area contributed by atoms with Gasteiger partial charge in [-0.3, -0.25) is 9.48 Å². The number of ketones is 1. The topological polar surface area (TPSA) is 44.1 Å². The summed E-state index contributed by atoms with van der Waals surface area (Å²) in [5, 5.41) is 4.22. The number of ether oxygens (including phenoxy) is 1. The summed E-state index contributed by atoms with van der Waals surface area (Å²) in [6.45, 7) is 1.92. The summed E-state index contributed by atoms with van der Waals surface area (Å²) in [4.78, 5) is 12.1. The zero-order valence-electron chi connectivity index (χ0n) is 11.3. The van der Waals surface area contributed by atoms with E-state index in [-0.39, 0.29) is 5.78 Å². The van der Waals surface area contributed by atoms with Crippen LogP contribution in [0.1, 0.15) is 21.7 Å². The van der Waals surface area contributed by atoms with E-state index in [9.17, 15) is 4.79 Å². The van der Waals surface area contributed by atoms with Gasteiger partial charge in [0.2, 0.25) is 0 Å². The standard InChI is InChI=1S/C15H16N2O2/c1-11-10-12(17(2)16-11)8-9-14(18)13-6-4-5-7-15(13)19-3/h4-10H,1-3H3/b9-8+. The monoisotopic (exact) mass is 256 g/mol. The van der Waals surface area contributed by atoms with E-state index < -0.39 is 0 Å². The molecule has 0 amide bonds. The van der Waals surface area contributed by atoms with Crippen LogP contribution in [0.25, 0.3) is 6.08 Å². The van der Waals surface area contributed by atoms with E-state index in [2.05, 4.69) is 5.10 Å². The number of aromatic nitrogens is 2. The van der Waals surface area contributed by atoms with Crippen molar-refractivity contribution in [2.24, 2.45) is 7.05 Å². The fourth-order valence-electron chi connectivity index (χ4n) is 1.89. The Kier molecular flexibility index (Phi) is 3.80. The maximum Gasteiger partial charge on any atom is 0.189 e. The predicted octanol–water partition coefficient (Wildman–Crippen LogP) is 2.63. The third-order valence-electron chi connectivity index (χ3n) is 2.82. The number of aryl methyl sites for hydroxylation is 2. The SMILES string of the molecule is COc1ccccc1C(=O)/C=C/c1cc(C)nn1C. The van der Waals surface area contributed by atoms with Crippen molar-refractivity contribution in [3.8, 4) is 5.75 Å². The lowest BCUT2D eigenvalue weighted by molar-refractivity contribution is 0.104. The summed E-state index contributed by atoms with van der Waals surface area (Å²) in [6.07, 6.45) is 3.29. The van der Waals surface area contributed by atoms with Crippen molar-refractivity contribution in [1.82, 2.24) is 9.78 Å². The second-order valence-corrected chi connectivity index (χ2v) is 4.23. The Labute approximate surface area is 112 Å². The van der Waals surface area contributed by atoms with Gasteiger partial charge in [0.25, 0.3) is 0 Å². The molecule has 0 saturated carbocycles. The first kappa shape index (κ1) is 13.1. The largest absolute Gasteiger partial charge is 0.496 e. The van der Waals surface area contributed by atoms with Crippen LogP contribution in [0.3, 0.4) is 0 Å². The summed E-state index contributed by atoms with van der Waals surface area (Å²) in [5.74, 6) is 0.495. The quantitative estimate of drug-likeness (QED) is 0.624. The van der Waals surface area contributed by atoms with Crippen molar-refractivity contribution >= 4 is 11.9 Å². The minimum Gasteiger partial charge on any atom is -0.496 e. The van der Waals surface area contributed by atoms with Crippen molar-refractivity contribution in [1.29, 1.82) is 0 Å². The molecule has 0 N–H and O–H groups in total. The first-order chi connectivity index (χ1) is 9.11. The molecular weight excluding hydrogens is 240 g/mol. The third-order valence-corrected chi connectivity index (χ3v) is 2.82. The van der Waals surface area contributed by atoms with E-state index in [1.807, 2.05) is 32.2 Å². The number of carbonyl (C=O) groups excluding carboxylic acids is 1. The van der Waals surface area contributed by atoms with Crippen LogP contribution in [0.2, 0.25) is 0 Å². The average Bonchev–Trinajstić information content (AvgIpc) is 2.74. The number of carbonyl (C=O) groups is 1. The Morgan fingerprint density at radius 1 is 1.37 bits per heavy atom. The van der Waals surface area contributed by atoms with Crippen LogP contribution < -0.4 is 4.74 Å². The Bertz CT molecular complexity index is 627.